The largest absolute Gasteiger partial charge is 0.396 e. The summed E-state index contributed by atoms with van der Waals surface area (Å²) in [7, 11) is 0. The van der Waals surface area contributed by atoms with Crippen molar-refractivity contribution in [3.8, 4) is 0 Å². The van der Waals surface area contributed by atoms with E-state index in [9.17, 15) is 9.59 Å². The van der Waals surface area contributed by atoms with Crippen molar-refractivity contribution in [2.45, 2.75) is 32.4 Å². The molecule has 0 saturated carbocycles. The van der Waals surface area contributed by atoms with E-state index in [-0.39, 0.29) is 29.8 Å². The summed E-state index contributed by atoms with van der Waals surface area (Å²) >= 11 is 1.14. The van der Waals surface area contributed by atoms with Crippen molar-refractivity contribution >= 4 is 17.2 Å². The van der Waals surface area contributed by atoms with E-state index >= 15 is 0 Å². The number of benzene rings is 1. The SMILES string of the molecule is Cc1csc(=O)n1CCC(=O)NC(CCO)c1ccccc1. The van der Waals surface area contributed by atoms with E-state index in [2.05, 4.69) is 5.32 Å². The van der Waals surface area contributed by atoms with Crippen LogP contribution in [0.3, 0.4) is 0 Å². The quantitative estimate of drug-likeness (QED) is 0.818. The zero-order valence-electron chi connectivity index (χ0n) is 12.5. The first-order valence-electron chi connectivity index (χ1n) is 7.22. The number of hydrogen-bond acceptors (Lipinski definition) is 4. The highest BCUT2D eigenvalue weighted by atomic mass is 32.1. The van der Waals surface area contributed by atoms with Gasteiger partial charge in [0.05, 0.1) is 6.04 Å². The smallest absolute Gasteiger partial charge is 0.307 e. The number of aliphatic hydroxyl groups is 1. The maximum atomic E-state index is 12.1. The number of rotatable bonds is 7. The van der Waals surface area contributed by atoms with Gasteiger partial charge in [0.15, 0.2) is 0 Å². The zero-order chi connectivity index (χ0) is 15.9. The zero-order valence-corrected chi connectivity index (χ0v) is 13.3. The minimum Gasteiger partial charge on any atom is -0.396 e. The van der Waals surface area contributed by atoms with Gasteiger partial charge >= 0.3 is 4.87 Å². The minimum atomic E-state index is -0.209. The number of aliphatic hydroxyl groups excluding tert-OH is 1. The van der Waals surface area contributed by atoms with Crippen molar-refractivity contribution in [3.05, 3.63) is 56.6 Å². The molecule has 2 N–H and O–H groups in total. The molecule has 0 spiro atoms. The fraction of sp³-hybridized carbons (Fsp3) is 0.375. The Morgan fingerprint density at radius 3 is 2.68 bits per heavy atom. The second-order valence-corrected chi connectivity index (χ2v) is 5.91. The first kappa shape index (κ1) is 16.5. The second kappa shape index (κ2) is 7.91. The lowest BCUT2D eigenvalue weighted by Crippen LogP contribution is -2.30. The van der Waals surface area contributed by atoms with E-state index in [1.54, 1.807) is 9.95 Å². The molecule has 5 nitrogen and oxygen atoms in total. The predicted molar refractivity (Wildman–Crippen MR) is 87.0 cm³/mol. The molecule has 6 heteroatoms. The summed E-state index contributed by atoms with van der Waals surface area (Å²) in [5.74, 6) is -0.125. The van der Waals surface area contributed by atoms with Crippen molar-refractivity contribution < 1.29 is 9.90 Å². The summed E-state index contributed by atoms with van der Waals surface area (Å²) in [6, 6.07) is 9.36. The van der Waals surface area contributed by atoms with Gasteiger partial charge in [-0.1, -0.05) is 41.7 Å². The van der Waals surface area contributed by atoms with Crippen molar-refractivity contribution in [1.82, 2.24) is 9.88 Å². The lowest BCUT2D eigenvalue weighted by Gasteiger charge is -2.18. The number of aromatic nitrogens is 1. The Bertz CT molecular complexity index is 664. The molecule has 2 rings (SSSR count). The van der Waals surface area contributed by atoms with E-state index < -0.39 is 0 Å². The monoisotopic (exact) mass is 320 g/mol. The van der Waals surface area contributed by atoms with Gasteiger partial charge in [0.1, 0.15) is 0 Å². The van der Waals surface area contributed by atoms with Crippen LogP contribution in [0.5, 0.6) is 0 Å². The number of carbonyl (C=O) groups is 1. The van der Waals surface area contributed by atoms with Gasteiger partial charge in [-0.15, -0.1) is 0 Å². The van der Waals surface area contributed by atoms with Crippen molar-refractivity contribution in [2.75, 3.05) is 6.61 Å². The summed E-state index contributed by atoms with van der Waals surface area (Å²) in [4.78, 5) is 23.7. The van der Waals surface area contributed by atoms with Crippen LogP contribution in [0.2, 0.25) is 0 Å². The standard InChI is InChI=1S/C16H20N2O3S/c1-12-11-22-16(21)18(12)9-7-15(20)17-14(8-10-19)13-5-3-2-4-6-13/h2-6,11,14,19H,7-10H2,1H3,(H,17,20). The highest BCUT2D eigenvalue weighted by Crippen LogP contribution is 2.16. The van der Waals surface area contributed by atoms with Crippen LogP contribution in [0.4, 0.5) is 0 Å². The van der Waals surface area contributed by atoms with Crippen molar-refractivity contribution in [3.63, 3.8) is 0 Å². The third-order valence-electron chi connectivity index (χ3n) is 3.49. The Morgan fingerprint density at radius 2 is 2.09 bits per heavy atom. The summed E-state index contributed by atoms with van der Waals surface area (Å²) in [6.07, 6.45) is 0.708. The molecule has 2 aromatic rings. The molecule has 1 unspecified atom stereocenters. The van der Waals surface area contributed by atoms with Gasteiger partial charge in [-0.2, -0.15) is 0 Å². The van der Waals surface area contributed by atoms with Gasteiger partial charge in [0.2, 0.25) is 5.91 Å². The van der Waals surface area contributed by atoms with Crippen LogP contribution in [-0.4, -0.2) is 22.2 Å². The van der Waals surface area contributed by atoms with E-state index in [1.165, 1.54) is 0 Å². The van der Waals surface area contributed by atoms with Crippen LogP contribution in [0.1, 0.15) is 30.1 Å². The molecule has 0 saturated heterocycles. The van der Waals surface area contributed by atoms with Crippen LogP contribution < -0.4 is 10.2 Å². The highest BCUT2D eigenvalue weighted by Gasteiger charge is 2.14. The Kier molecular flexibility index (Phi) is 5.91. The third kappa shape index (κ3) is 4.29. The van der Waals surface area contributed by atoms with Gasteiger partial charge in [-0.05, 0) is 18.9 Å². The molecule has 0 aliphatic rings. The number of amides is 1. The molecular weight excluding hydrogens is 300 g/mol. The maximum Gasteiger partial charge on any atom is 0.307 e. The number of carbonyl (C=O) groups excluding carboxylic acids is 1. The Hall–Kier alpha value is -1.92. The number of thiazole rings is 1. The topological polar surface area (TPSA) is 71.3 Å². The van der Waals surface area contributed by atoms with Gasteiger partial charge < -0.3 is 15.0 Å². The van der Waals surface area contributed by atoms with Gasteiger partial charge in [-0.25, -0.2) is 0 Å². The van der Waals surface area contributed by atoms with E-state index in [0.717, 1.165) is 22.6 Å². The third-order valence-corrected chi connectivity index (χ3v) is 4.37. The number of nitrogens with zero attached hydrogens (tertiary/aromatic N) is 1. The average Bonchev–Trinajstić information content (AvgIpc) is 2.84. The average molecular weight is 320 g/mol. The number of nitrogens with one attached hydrogen (secondary N) is 1. The van der Waals surface area contributed by atoms with Crippen LogP contribution in [-0.2, 0) is 11.3 Å². The molecule has 118 valence electrons. The molecule has 1 atom stereocenters. The summed E-state index contributed by atoms with van der Waals surface area (Å²) in [6.45, 7) is 2.23. The normalized spacial score (nSPS) is 12.1. The molecule has 1 aromatic carbocycles. The Labute approximate surface area is 133 Å². The molecule has 0 aliphatic heterocycles. The van der Waals surface area contributed by atoms with E-state index in [4.69, 9.17) is 5.11 Å². The Balaban J connectivity index is 1.96. The molecule has 1 amide bonds. The molecule has 0 fully saturated rings. The molecule has 1 aromatic heterocycles. The lowest BCUT2D eigenvalue weighted by atomic mass is 10.0. The van der Waals surface area contributed by atoms with E-state index in [0.29, 0.717) is 13.0 Å². The first-order valence-corrected chi connectivity index (χ1v) is 8.10. The predicted octanol–water partition coefficient (Wildman–Crippen LogP) is 1.85. The van der Waals surface area contributed by atoms with Crippen LogP contribution >= 0.6 is 11.3 Å². The van der Waals surface area contributed by atoms with Crippen molar-refractivity contribution in [1.29, 1.82) is 0 Å². The van der Waals surface area contributed by atoms with Crippen LogP contribution in [0.25, 0.3) is 0 Å². The lowest BCUT2D eigenvalue weighted by molar-refractivity contribution is -0.122. The van der Waals surface area contributed by atoms with Gasteiger partial charge in [0, 0.05) is 30.6 Å². The van der Waals surface area contributed by atoms with Crippen molar-refractivity contribution in [2.24, 2.45) is 0 Å². The van der Waals surface area contributed by atoms with Crippen LogP contribution in [0.15, 0.2) is 40.5 Å². The van der Waals surface area contributed by atoms with Gasteiger partial charge in [-0.3, -0.25) is 9.59 Å². The second-order valence-electron chi connectivity index (χ2n) is 5.09. The molecule has 1 heterocycles. The van der Waals surface area contributed by atoms with Gasteiger partial charge in [0.25, 0.3) is 0 Å². The van der Waals surface area contributed by atoms with E-state index in [1.807, 2.05) is 37.3 Å². The Morgan fingerprint density at radius 1 is 1.36 bits per heavy atom. The maximum absolute atomic E-state index is 12.1. The highest BCUT2D eigenvalue weighted by molar-refractivity contribution is 7.07. The fourth-order valence-corrected chi connectivity index (χ4v) is 3.05. The molecule has 0 aliphatic carbocycles. The van der Waals surface area contributed by atoms with Crippen LogP contribution in [0, 0.1) is 6.92 Å². The molecular formula is C16H20N2O3S. The summed E-state index contributed by atoms with van der Waals surface area (Å²) in [5.41, 5.74) is 1.84. The summed E-state index contributed by atoms with van der Waals surface area (Å²) < 4.78 is 1.60. The fourth-order valence-electron chi connectivity index (χ4n) is 2.29. The first-order chi connectivity index (χ1) is 10.6. The molecule has 0 bridgehead atoms. The molecule has 22 heavy (non-hydrogen) atoms. The molecule has 0 radical (unpaired) electrons. The minimum absolute atomic E-state index is 0.00291. The number of aryl methyl sites for hydroxylation is 1. The summed E-state index contributed by atoms with van der Waals surface area (Å²) in [5, 5.41) is 13.9. The number of hydrogen-bond donors (Lipinski definition) is 2.